The summed E-state index contributed by atoms with van der Waals surface area (Å²) in [4.78, 5) is 2.32. The van der Waals surface area contributed by atoms with Gasteiger partial charge in [0.15, 0.2) is 0 Å². The van der Waals surface area contributed by atoms with Gasteiger partial charge < -0.3 is 4.74 Å². The third-order valence-corrected chi connectivity index (χ3v) is 3.62. The molecule has 2 rings (SSSR count). The van der Waals surface area contributed by atoms with E-state index in [2.05, 4.69) is 36.8 Å². The molecule has 0 aromatic heterocycles. The first-order valence-electron chi connectivity index (χ1n) is 6.50. The number of benzene rings is 1. The van der Waals surface area contributed by atoms with Crippen molar-refractivity contribution in [1.82, 2.24) is 4.90 Å². The fraction of sp³-hybridized carbons (Fsp3) is 0.500. The van der Waals surface area contributed by atoms with Crippen LogP contribution in [0.2, 0.25) is 0 Å². The Morgan fingerprint density at radius 2 is 2.11 bits per heavy atom. The summed E-state index contributed by atoms with van der Waals surface area (Å²) >= 11 is 0. The highest BCUT2D eigenvalue weighted by atomic mass is 16.5. The molecule has 2 heteroatoms. The molecule has 1 aromatic carbocycles. The quantitative estimate of drug-likeness (QED) is 0.754. The molecule has 1 aromatic rings. The zero-order valence-corrected chi connectivity index (χ0v) is 11.2. The molecular formula is C16H21NO. The van der Waals surface area contributed by atoms with Gasteiger partial charge in [-0.25, -0.2) is 0 Å². The molecule has 1 saturated heterocycles. The summed E-state index contributed by atoms with van der Waals surface area (Å²) < 4.78 is 5.95. The third-order valence-electron chi connectivity index (χ3n) is 3.62. The Morgan fingerprint density at radius 1 is 1.39 bits per heavy atom. The van der Waals surface area contributed by atoms with E-state index in [4.69, 9.17) is 11.2 Å². The normalized spacial score (nSPS) is 20.8. The van der Waals surface area contributed by atoms with Crippen molar-refractivity contribution >= 4 is 0 Å². The Labute approximate surface area is 110 Å². The molecule has 18 heavy (non-hydrogen) atoms. The van der Waals surface area contributed by atoms with Crippen LogP contribution in [-0.4, -0.2) is 29.6 Å². The van der Waals surface area contributed by atoms with Crippen LogP contribution in [0.15, 0.2) is 30.3 Å². The average Bonchev–Trinajstić information content (AvgIpc) is 2.87. The van der Waals surface area contributed by atoms with Crippen molar-refractivity contribution < 1.29 is 4.74 Å². The van der Waals surface area contributed by atoms with Gasteiger partial charge in [-0.15, -0.1) is 6.42 Å². The standard InChI is InChI=1S/C16H21NO/c1-4-16(2,3)17-11-10-15(12-17)18-13-14-8-6-5-7-9-14/h1,5-9,15H,10-13H2,2-3H3. The molecule has 1 atom stereocenters. The molecule has 0 bridgehead atoms. The molecule has 96 valence electrons. The summed E-state index contributed by atoms with van der Waals surface area (Å²) in [6.07, 6.45) is 6.94. The van der Waals surface area contributed by atoms with E-state index in [1.165, 1.54) is 5.56 Å². The number of hydrogen-bond acceptors (Lipinski definition) is 2. The van der Waals surface area contributed by atoms with Gasteiger partial charge in [-0.2, -0.15) is 0 Å². The van der Waals surface area contributed by atoms with Gasteiger partial charge in [-0.05, 0) is 25.8 Å². The first-order valence-corrected chi connectivity index (χ1v) is 6.50. The molecule has 0 aliphatic carbocycles. The Balaban J connectivity index is 1.82. The van der Waals surface area contributed by atoms with Gasteiger partial charge >= 0.3 is 0 Å². The van der Waals surface area contributed by atoms with E-state index < -0.39 is 0 Å². The number of hydrogen-bond donors (Lipinski definition) is 0. The highest BCUT2D eigenvalue weighted by molar-refractivity contribution is 5.13. The van der Waals surface area contributed by atoms with Crippen molar-refractivity contribution in [2.75, 3.05) is 13.1 Å². The minimum Gasteiger partial charge on any atom is -0.372 e. The summed E-state index contributed by atoms with van der Waals surface area (Å²) in [5.41, 5.74) is 1.07. The lowest BCUT2D eigenvalue weighted by Gasteiger charge is -2.30. The number of likely N-dealkylation sites (tertiary alicyclic amines) is 1. The fourth-order valence-corrected chi connectivity index (χ4v) is 2.25. The summed E-state index contributed by atoms with van der Waals surface area (Å²) in [5, 5.41) is 0. The van der Waals surface area contributed by atoms with Crippen LogP contribution in [0.1, 0.15) is 25.8 Å². The minimum atomic E-state index is -0.162. The maximum atomic E-state index is 5.95. The molecule has 0 amide bonds. The number of ether oxygens (including phenoxy) is 1. The summed E-state index contributed by atoms with van der Waals surface area (Å²) in [6, 6.07) is 10.3. The van der Waals surface area contributed by atoms with Gasteiger partial charge in [0.25, 0.3) is 0 Å². The number of rotatable bonds is 4. The fourth-order valence-electron chi connectivity index (χ4n) is 2.25. The van der Waals surface area contributed by atoms with Crippen LogP contribution in [0, 0.1) is 12.3 Å². The van der Waals surface area contributed by atoms with Crippen molar-refractivity contribution in [1.29, 1.82) is 0 Å². The Hall–Kier alpha value is -1.30. The van der Waals surface area contributed by atoms with Crippen LogP contribution >= 0.6 is 0 Å². The van der Waals surface area contributed by atoms with E-state index >= 15 is 0 Å². The zero-order valence-electron chi connectivity index (χ0n) is 11.2. The van der Waals surface area contributed by atoms with E-state index in [9.17, 15) is 0 Å². The minimum absolute atomic E-state index is 0.162. The van der Waals surface area contributed by atoms with Crippen molar-refractivity contribution in [3.8, 4) is 12.3 Å². The van der Waals surface area contributed by atoms with Crippen LogP contribution in [0.5, 0.6) is 0 Å². The molecule has 0 N–H and O–H groups in total. The van der Waals surface area contributed by atoms with E-state index in [1.54, 1.807) is 0 Å². The summed E-state index contributed by atoms with van der Waals surface area (Å²) in [7, 11) is 0. The lowest BCUT2D eigenvalue weighted by atomic mass is 10.1. The van der Waals surface area contributed by atoms with E-state index in [1.807, 2.05) is 18.2 Å². The molecule has 0 radical (unpaired) electrons. The molecule has 1 heterocycles. The van der Waals surface area contributed by atoms with Crippen molar-refractivity contribution in [2.45, 2.75) is 38.5 Å². The monoisotopic (exact) mass is 243 g/mol. The van der Waals surface area contributed by atoms with Gasteiger partial charge in [0.2, 0.25) is 0 Å². The van der Waals surface area contributed by atoms with Crippen molar-refractivity contribution in [3.63, 3.8) is 0 Å². The van der Waals surface area contributed by atoms with Crippen molar-refractivity contribution in [3.05, 3.63) is 35.9 Å². The molecule has 1 fully saturated rings. The van der Waals surface area contributed by atoms with Gasteiger partial charge in [0.1, 0.15) is 0 Å². The highest BCUT2D eigenvalue weighted by Gasteiger charge is 2.32. The van der Waals surface area contributed by atoms with Gasteiger partial charge in [0.05, 0.1) is 18.2 Å². The highest BCUT2D eigenvalue weighted by Crippen LogP contribution is 2.22. The second-order valence-corrected chi connectivity index (χ2v) is 5.36. The predicted octanol–water partition coefficient (Wildman–Crippen LogP) is 2.69. The number of nitrogens with zero attached hydrogens (tertiary/aromatic N) is 1. The van der Waals surface area contributed by atoms with Crippen LogP contribution in [0.25, 0.3) is 0 Å². The largest absolute Gasteiger partial charge is 0.372 e. The smallest absolute Gasteiger partial charge is 0.0767 e. The topological polar surface area (TPSA) is 12.5 Å². The zero-order chi connectivity index (χ0) is 13.0. The summed E-state index contributed by atoms with van der Waals surface area (Å²) in [6.45, 7) is 6.83. The second kappa shape index (κ2) is 5.56. The van der Waals surface area contributed by atoms with E-state index in [0.29, 0.717) is 12.7 Å². The summed E-state index contributed by atoms with van der Waals surface area (Å²) in [5.74, 6) is 2.85. The molecule has 1 aliphatic rings. The first kappa shape index (κ1) is 13.1. The molecule has 0 spiro atoms. The van der Waals surface area contributed by atoms with Crippen LogP contribution < -0.4 is 0 Å². The third kappa shape index (κ3) is 3.13. The first-order chi connectivity index (χ1) is 8.62. The Bertz CT molecular complexity index is 418. The van der Waals surface area contributed by atoms with E-state index in [0.717, 1.165) is 19.5 Å². The molecule has 0 saturated carbocycles. The second-order valence-electron chi connectivity index (χ2n) is 5.36. The van der Waals surface area contributed by atoms with Crippen LogP contribution in [0.3, 0.4) is 0 Å². The maximum absolute atomic E-state index is 5.95. The van der Waals surface area contributed by atoms with Crippen molar-refractivity contribution in [2.24, 2.45) is 0 Å². The lowest BCUT2D eigenvalue weighted by molar-refractivity contribution is 0.0410. The molecule has 1 unspecified atom stereocenters. The van der Waals surface area contributed by atoms with Crippen LogP contribution in [-0.2, 0) is 11.3 Å². The maximum Gasteiger partial charge on any atom is 0.0767 e. The predicted molar refractivity (Wildman–Crippen MR) is 74.1 cm³/mol. The Morgan fingerprint density at radius 3 is 2.78 bits per heavy atom. The number of terminal acetylenes is 1. The van der Waals surface area contributed by atoms with E-state index in [-0.39, 0.29) is 5.54 Å². The van der Waals surface area contributed by atoms with Crippen LogP contribution in [0.4, 0.5) is 0 Å². The lowest BCUT2D eigenvalue weighted by Crippen LogP contribution is -2.41. The van der Waals surface area contributed by atoms with Gasteiger partial charge in [-0.3, -0.25) is 4.90 Å². The Kier molecular flexibility index (Phi) is 4.06. The van der Waals surface area contributed by atoms with Gasteiger partial charge in [-0.1, -0.05) is 36.3 Å². The molecule has 1 aliphatic heterocycles. The average molecular weight is 243 g/mol. The molecular weight excluding hydrogens is 222 g/mol. The van der Waals surface area contributed by atoms with Gasteiger partial charge in [0, 0.05) is 13.1 Å². The SMILES string of the molecule is C#CC(C)(C)N1CCC(OCc2ccccc2)C1. The molecule has 2 nitrogen and oxygen atoms in total.